The van der Waals surface area contributed by atoms with Gasteiger partial charge < -0.3 is 13.9 Å². The van der Waals surface area contributed by atoms with Crippen LogP contribution in [0.5, 0.6) is 5.75 Å². The van der Waals surface area contributed by atoms with Crippen LogP contribution in [-0.4, -0.2) is 13.3 Å². The molecule has 1 aromatic rings. The average molecular weight is 184 g/mol. The summed E-state index contributed by atoms with van der Waals surface area (Å²) in [5, 5.41) is 0. The average Bonchev–Trinajstić information content (AvgIpc) is 2.48. The highest BCUT2D eigenvalue weighted by Gasteiger charge is 2.14. The summed E-state index contributed by atoms with van der Waals surface area (Å²) in [4.78, 5) is 10.8. The van der Waals surface area contributed by atoms with Crippen molar-refractivity contribution in [2.75, 3.05) is 7.11 Å². The second-order valence-corrected chi connectivity index (χ2v) is 2.56. The molecule has 0 amide bonds. The predicted octanol–water partition coefficient (Wildman–Crippen LogP) is 2.30. The van der Waals surface area contributed by atoms with Crippen LogP contribution in [-0.2, 0) is 11.2 Å². The molecule has 1 heterocycles. The van der Waals surface area contributed by atoms with Gasteiger partial charge in [-0.15, -0.1) is 0 Å². The maximum absolute atomic E-state index is 10.8. The van der Waals surface area contributed by atoms with Crippen molar-refractivity contribution in [1.29, 1.82) is 0 Å². The Morgan fingerprint density at radius 1 is 1.62 bits per heavy atom. The number of hydrogen-bond donors (Lipinski definition) is 0. The Balaban J connectivity index is 2.85. The van der Waals surface area contributed by atoms with Crippen LogP contribution in [0, 0.1) is 6.92 Å². The zero-order chi connectivity index (χ0) is 9.84. The van der Waals surface area contributed by atoms with Gasteiger partial charge in [0.2, 0.25) is 0 Å². The van der Waals surface area contributed by atoms with Crippen molar-refractivity contribution in [3.8, 4) is 5.75 Å². The highest BCUT2D eigenvalue weighted by atomic mass is 16.7. The number of rotatable bonds is 2. The smallest absolute Gasteiger partial charge is 0.465 e. The third kappa shape index (κ3) is 2.02. The molecule has 0 N–H and O–H groups in total. The van der Waals surface area contributed by atoms with Crippen LogP contribution in [0.15, 0.2) is 10.7 Å². The first-order valence-corrected chi connectivity index (χ1v) is 4.01. The molecule has 0 aliphatic carbocycles. The van der Waals surface area contributed by atoms with Crippen LogP contribution in [0.3, 0.4) is 0 Å². The van der Waals surface area contributed by atoms with Gasteiger partial charge in [0.1, 0.15) is 5.76 Å². The highest BCUT2D eigenvalue weighted by Crippen LogP contribution is 2.26. The van der Waals surface area contributed by atoms with Gasteiger partial charge in [0.25, 0.3) is 0 Å². The van der Waals surface area contributed by atoms with Crippen LogP contribution in [0.2, 0.25) is 0 Å². The van der Waals surface area contributed by atoms with E-state index in [1.54, 1.807) is 13.2 Å². The minimum Gasteiger partial charge on any atom is -0.465 e. The van der Waals surface area contributed by atoms with Crippen LogP contribution in [0.1, 0.15) is 18.2 Å². The molecule has 0 atom stereocenters. The van der Waals surface area contributed by atoms with Gasteiger partial charge in [-0.3, -0.25) is 0 Å². The van der Waals surface area contributed by atoms with Crippen LogP contribution in [0.4, 0.5) is 4.79 Å². The zero-order valence-electron chi connectivity index (χ0n) is 7.92. The first-order chi connectivity index (χ1) is 6.19. The van der Waals surface area contributed by atoms with Gasteiger partial charge in [-0.25, -0.2) is 4.79 Å². The summed E-state index contributed by atoms with van der Waals surface area (Å²) in [5.41, 5.74) is 0.864. The van der Waals surface area contributed by atoms with E-state index in [1.807, 2.05) is 6.92 Å². The van der Waals surface area contributed by atoms with Crippen molar-refractivity contribution < 1.29 is 18.7 Å². The van der Waals surface area contributed by atoms with Crippen molar-refractivity contribution >= 4 is 6.16 Å². The van der Waals surface area contributed by atoms with E-state index in [2.05, 4.69) is 4.74 Å². The van der Waals surface area contributed by atoms with Gasteiger partial charge in [0.15, 0.2) is 5.75 Å². The molecule has 4 nitrogen and oxygen atoms in total. The van der Waals surface area contributed by atoms with Crippen molar-refractivity contribution in [1.82, 2.24) is 0 Å². The van der Waals surface area contributed by atoms with E-state index in [9.17, 15) is 4.79 Å². The molecule has 0 aliphatic heterocycles. The van der Waals surface area contributed by atoms with Gasteiger partial charge >= 0.3 is 6.16 Å². The molecular formula is C9H12O4. The normalized spacial score (nSPS) is 9.77. The fourth-order valence-electron chi connectivity index (χ4n) is 0.999. The van der Waals surface area contributed by atoms with Crippen LogP contribution < -0.4 is 4.74 Å². The summed E-state index contributed by atoms with van der Waals surface area (Å²) in [6.45, 7) is 3.69. The lowest BCUT2D eigenvalue weighted by molar-refractivity contribution is 0.120. The summed E-state index contributed by atoms with van der Waals surface area (Å²) in [6.07, 6.45) is 1.61. The minimum absolute atomic E-state index is 0.467. The van der Waals surface area contributed by atoms with Gasteiger partial charge in [0.05, 0.1) is 13.4 Å². The molecule has 0 radical (unpaired) electrons. The molecule has 0 spiro atoms. The van der Waals surface area contributed by atoms with Gasteiger partial charge in [-0.1, -0.05) is 6.92 Å². The van der Waals surface area contributed by atoms with Gasteiger partial charge in [-0.05, 0) is 13.3 Å². The van der Waals surface area contributed by atoms with E-state index >= 15 is 0 Å². The highest BCUT2D eigenvalue weighted by molar-refractivity contribution is 5.64. The minimum atomic E-state index is -0.723. The Morgan fingerprint density at radius 2 is 2.31 bits per heavy atom. The fourth-order valence-corrected chi connectivity index (χ4v) is 0.999. The number of aryl methyl sites for hydroxylation is 2. The number of furan rings is 1. The third-order valence-electron chi connectivity index (χ3n) is 1.72. The molecular weight excluding hydrogens is 172 g/mol. The lowest BCUT2D eigenvalue weighted by atomic mass is 10.2. The summed E-state index contributed by atoms with van der Waals surface area (Å²) < 4.78 is 14.4. The van der Waals surface area contributed by atoms with E-state index in [4.69, 9.17) is 9.15 Å². The molecule has 0 bridgehead atoms. The standard InChI is InChI=1S/C9H12O4/c1-4-7-5-12-6(2)8(7)13-9(10)11-3/h5H,4H2,1-3H3. The van der Waals surface area contributed by atoms with Crippen molar-refractivity contribution in [3.05, 3.63) is 17.6 Å². The Kier molecular flexibility index (Phi) is 2.95. The number of methoxy groups -OCH3 is 1. The Labute approximate surface area is 76.4 Å². The molecule has 0 unspecified atom stereocenters. The second kappa shape index (κ2) is 3.98. The first kappa shape index (κ1) is 9.64. The topological polar surface area (TPSA) is 48.7 Å². The summed E-state index contributed by atoms with van der Waals surface area (Å²) in [7, 11) is 1.27. The number of ether oxygens (including phenoxy) is 2. The predicted molar refractivity (Wildman–Crippen MR) is 45.9 cm³/mol. The van der Waals surface area contributed by atoms with E-state index < -0.39 is 6.16 Å². The number of carbonyl (C=O) groups is 1. The molecule has 0 aromatic carbocycles. The maximum atomic E-state index is 10.8. The van der Waals surface area contributed by atoms with Gasteiger partial charge in [0, 0.05) is 5.56 Å². The fraction of sp³-hybridized carbons (Fsp3) is 0.444. The molecule has 0 saturated heterocycles. The Hall–Kier alpha value is -1.45. The van der Waals surface area contributed by atoms with E-state index in [1.165, 1.54) is 7.11 Å². The summed E-state index contributed by atoms with van der Waals surface area (Å²) in [6, 6.07) is 0. The van der Waals surface area contributed by atoms with E-state index in [-0.39, 0.29) is 0 Å². The summed E-state index contributed by atoms with van der Waals surface area (Å²) >= 11 is 0. The van der Waals surface area contributed by atoms with Gasteiger partial charge in [-0.2, -0.15) is 0 Å². The SMILES string of the molecule is CCc1coc(C)c1OC(=O)OC. The van der Waals surface area contributed by atoms with E-state index in [0.717, 1.165) is 12.0 Å². The molecule has 0 fully saturated rings. The van der Waals surface area contributed by atoms with Crippen LogP contribution >= 0.6 is 0 Å². The quantitative estimate of drug-likeness (QED) is 0.661. The lowest BCUT2D eigenvalue weighted by Gasteiger charge is -2.02. The lowest BCUT2D eigenvalue weighted by Crippen LogP contribution is -2.08. The van der Waals surface area contributed by atoms with Crippen molar-refractivity contribution in [2.45, 2.75) is 20.3 Å². The molecule has 4 heteroatoms. The van der Waals surface area contributed by atoms with Crippen molar-refractivity contribution in [3.63, 3.8) is 0 Å². The van der Waals surface area contributed by atoms with E-state index in [0.29, 0.717) is 11.5 Å². The molecule has 13 heavy (non-hydrogen) atoms. The molecule has 0 aliphatic rings. The third-order valence-corrected chi connectivity index (χ3v) is 1.72. The first-order valence-electron chi connectivity index (χ1n) is 4.01. The zero-order valence-corrected chi connectivity index (χ0v) is 7.92. The Morgan fingerprint density at radius 3 is 2.85 bits per heavy atom. The van der Waals surface area contributed by atoms with Crippen molar-refractivity contribution in [2.24, 2.45) is 0 Å². The molecule has 1 rings (SSSR count). The monoisotopic (exact) mass is 184 g/mol. The second-order valence-electron chi connectivity index (χ2n) is 2.56. The maximum Gasteiger partial charge on any atom is 0.513 e. The largest absolute Gasteiger partial charge is 0.513 e. The summed E-state index contributed by atoms with van der Waals surface area (Å²) in [5.74, 6) is 1.05. The Bertz CT molecular complexity index is 301. The molecule has 1 aromatic heterocycles. The van der Waals surface area contributed by atoms with Crippen LogP contribution in [0.25, 0.3) is 0 Å². The number of hydrogen-bond acceptors (Lipinski definition) is 4. The molecule has 0 saturated carbocycles. The number of carbonyl (C=O) groups excluding carboxylic acids is 1. The molecule has 72 valence electrons.